The number of hydrogen-bond donors (Lipinski definition) is 3. The van der Waals surface area contributed by atoms with Gasteiger partial charge in [-0.25, -0.2) is 17.9 Å². The molecule has 1 unspecified atom stereocenters. The van der Waals surface area contributed by atoms with E-state index in [1.807, 2.05) is 30.3 Å². The molecule has 24 heavy (non-hydrogen) atoms. The van der Waals surface area contributed by atoms with Gasteiger partial charge >= 0.3 is 12.0 Å². The highest BCUT2D eigenvalue weighted by molar-refractivity contribution is 7.89. The van der Waals surface area contributed by atoms with Crippen molar-refractivity contribution in [1.82, 2.24) is 14.9 Å². The van der Waals surface area contributed by atoms with E-state index in [1.165, 1.54) is 18.9 Å². The molecule has 0 aliphatic rings. The van der Waals surface area contributed by atoms with Crippen molar-refractivity contribution in [3.8, 4) is 0 Å². The zero-order valence-electron chi connectivity index (χ0n) is 13.7. The van der Waals surface area contributed by atoms with Crippen molar-refractivity contribution in [2.45, 2.75) is 13.5 Å². The molecule has 1 aromatic rings. The molecule has 9 heteroatoms. The third-order valence-corrected chi connectivity index (χ3v) is 4.63. The average Bonchev–Trinajstić information content (AvgIpc) is 2.53. The largest absolute Gasteiger partial charge is 0.481 e. The van der Waals surface area contributed by atoms with Gasteiger partial charge in [-0.1, -0.05) is 37.3 Å². The molecule has 0 fully saturated rings. The summed E-state index contributed by atoms with van der Waals surface area (Å²) in [5, 5.41) is 11.3. The molecule has 0 spiro atoms. The van der Waals surface area contributed by atoms with Crippen molar-refractivity contribution in [3.63, 3.8) is 0 Å². The maximum atomic E-state index is 11.9. The van der Waals surface area contributed by atoms with Gasteiger partial charge < -0.3 is 15.3 Å². The molecule has 0 radical (unpaired) electrons. The Morgan fingerprint density at radius 2 is 1.88 bits per heavy atom. The van der Waals surface area contributed by atoms with E-state index in [-0.39, 0.29) is 25.4 Å². The first-order valence-electron chi connectivity index (χ1n) is 7.44. The van der Waals surface area contributed by atoms with Gasteiger partial charge in [-0.3, -0.25) is 4.79 Å². The molecule has 3 N–H and O–H groups in total. The molecular formula is C15H23N3O5S. The second kappa shape index (κ2) is 9.24. The number of carbonyl (C=O) groups excluding carboxylic acids is 1. The predicted molar refractivity (Wildman–Crippen MR) is 89.9 cm³/mol. The summed E-state index contributed by atoms with van der Waals surface area (Å²) in [6, 6.07) is 8.58. The molecule has 0 aliphatic heterocycles. The molecule has 0 aliphatic carbocycles. The lowest BCUT2D eigenvalue weighted by molar-refractivity contribution is -0.141. The van der Waals surface area contributed by atoms with Crippen molar-refractivity contribution >= 4 is 22.0 Å². The van der Waals surface area contributed by atoms with Crippen LogP contribution >= 0.6 is 0 Å². The van der Waals surface area contributed by atoms with Crippen LogP contribution < -0.4 is 10.0 Å². The van der Waals surface area contributed by atoms with Gasteiger partial charge in [-0.2, -0.15) is 0 Å². The Balaban J connectivity index is 2.34. The Kier molecular flexibility index (Phi) is 7.66. The van der Waals surface area contributed by atoms with Crippen molar-refractivity contribution in [1.29, 1.82) is 0 Å². The van der Waals surface area contributed by atoms with Crippen LogP contribution in [0, 0.1) is 5.92 Å². The summed E-state index contributed by atoms with van der Waals surface area (Å²) in [6.07, 6.45) is 0. The number of aliphatic carboxylic acids is 1. The van der Waals surface area contributed by atoms with Gasteiger partial charge in [0.05, 0.1) is 11.7 Å². The SMILES string of the molecule is CC(CN(C)C(=O)NCCS(=O)(=O)NCc1ccccc1)C(=O)O. The van der Waals surface area contributed by atoms with Crippen molar-refractivity contribution in [3.05, 3.63) is 35.9 Å². The third kappa shape index (κ3) is 7.42. The lowest BCUT2D eigenvalue weighted by Crippen LogP contribution is -2.43. The van der Waals surface area contributed by atoms with Crippen molar-refractivity contribution < 1.29 is 23.1 Å². The minimum Gasteiger partial charge on any atom is -0.481 e. The van der Waals surface area contributed by atoms with Crippen LogP contribution in [0.2, 0.25) is 0 Å². The highest BCUT2D eigenvalue weighted by Gasteiger charge is 2.17. The number of hydrogen-bond acceptors (Lipinski definition) is 4. The Hall–Kier alpha value is -2.13. The first-order valence-corrected chi connectivity index (χ1v) is 9.09. The average molecular weight is 357 g/mol. The van der Waals surface area contributed by atoms with Crippen LogP contribution in [0.3, 0.4) is 0 Å². The minimum atomic E-state index is -3.51. The maximum Gasteiger partial charge on any atom is 0.317 e. The molecular weight excluding hydrogens is 334 g/mol. The molecule has 1 atom stereocenters. The van der Waals surface area contributed by atoms with Gasteiger partial charge in [0.25, 0.3) is 0 Å². The number of carboxylic acids is 1. The summed E-state index contributed by atoms with van der Waals surface area (Å²) in [5.74, 6) is -1.95. The monoisotopic (exact) mass is 357 g/mol. The maximum absolute atomic E-state index is 11.9. The summed E-state index contributed by atoms with van der Waals surface area (Å²) in [4.78, 5) is 23.7. The number of nitrogens with one attached hydrogen (secondary N) is 2. The Morgan fingerprint density at radius 1 is 1.25 bits per heavy atom. The van der Waals surface area contributed by atoms with Crippen LogP contribution in [0.4, 0.5) is 4.79 Å². The second-order valence-corrected chi connectivity index (χ2v) is 7.40. The molecule has 0 saturated carbocycles. The van der Waals surface area contributed by atoms with E-state index in [9.17, 15) is 18.0 Å². The fourth-order valence-electron chi connectivity index (χ4n) is 1.86. The van der Waals surface area contributed by atoms with E-state index in [0.29, 0.717) is 0 Å². The summed E-state index contributed by atoms with van der Waals surface area (Å²) in [7, 11) is -2.06. The Morgan fingerprint density at radius 3 is 2.46 bits per heavy atom. The summed E-state index contributed by atoms with van der Waals surface area (Å²) in [5.41, 5.74) is 0.840. The number of sulfonamides is 1. The zero-order valence-corrected chi connectivity index (χ0v) is 14.5. The molecule has 8 nitrogen and oxygen atoms in total. The number of rotatable bonds is 9. The van der Waals surface area contributed by atoms with Crippen molar-refractivity contribution in [2.75, 3.05) is 25.9 Å². The van der Waals surface area contributed by atoms with E-state index in [4.69, 9.17) is 5.11 Å². The van der Waals surface area contributed by atoms with Gasteiger partial charge in [0, 0.05) is 26.7 Å². The first kappa shape index (κ1) is 19.9. The van der Waals surface area contributed by atoms with Gasteiger partial charge in [0.15, 0.2) is 0 Å². The molecule has 1 aromatic carbocycles. The van der Waals surface area contributed by atoms with Gasteiger partial charge in [-0.15, -0.1) is 0 Å². The number of carbonyl (C=O) groups is 2. The molecule has 0 saturated heterocycles. The van der Waals surface area contributed by atoms with Crippen LogP contribution in [-0.2, 0) is 21.4 Å². The summed E-state index contributed by atoms with van der Waals surface area (Å²) < 4.78 is 26.2. The molecule has 0 bridgehead atoms. The van der Waals surface area contributed by atoms with Gasteiger partial charge in [-0.05, 0) is 5.56 Å². The minimum absolute atomic E-state index is 0.0418. The third-order valence-electron chi connectivity index (χ3n) is 3.30. The number of amides is 2. The standard InChI is InChI=1S/C15H23N3O5S/c1-12(14(19)20)11-18(2)15(21)16-8-9-24(22,23)17-10-13-6-4-3-5-7-13/h3-7,12,17H,8-11H2,1-2H3,(H,16,21)(H,19,20). The van der Waals surface area contributed by atoms with E-state index >= 15 is 0 Å². The predicted octanol–water partition coefficient (Wildman–Crippen LogP) is 0.468. The highest BCUT2D eigenvalue weighted by atomic mass is 32.2. The summed E-state index contributed by atoms with van der Waals surface area (Å²) in [6.45, 7) is 1.66. The number of nitrogens with zero attached hydrogens (tertiary/aromatic N) is 1. The van der Waals surface area contributed by atoms with E-state index in [1.54, 1.807) is 0 Å². The fourth-order valence-corrected chi connectivity index (χ4v) is 2.76. The quantitative estimate of drug-likeness (QED) is 0.594. The lowest BCUT2D eigenvalue weighted by Gasteiger charge is -2.20. The lowest BCUT2D eigenvalue weighted by atomic mass is 10.2. The summed E-state index contributed by atoms with van der Waals surface area (Å²) >= 11 is 0. The van der Waals surface area contributed by atoms with E-state index in [0.717, 1.165) is 5.56 Å². The van der Waals surface area contributed by atoms with E-state index in [2.05, 4.69) is 10.0 Å². The molecule has 2 amide bonds. The molecule has 0 aromatic heterocycles. The molecule has 134 valence electrons. The van der Waals surface area contributed by atoms with Gasteiger partial charge in [0.2, 0.25) is 10.0 Å². The topological polar surface area (TPSA) is 116 Å². The normalized spacial score (nSPS) is 12.4. The Labute approximate surface area is 141 Å². The fraction of sp³-hybridized carbons (Fsp3) is 0.467. The first-order chi connectivity index (χ1) is 11.2. The number of benzene rings is 1. The Bertz CT molecular complexity index is 648. The second-order valence-electron chi connectivity index (χ2n) is 5.48. The van der Waals surface area contributed by atoms with Crippen LogP contribution in [-0.4, -0.2) is 56.3 Å². The van der Waals surface area contributed by atoms with Crippen LogP contribution in [0.25, 0.3) is 0 Å². The van der Waals surface area contributed by atoms with Crippen molar-refractivity contribution in [2.24, 2.45) is 5.92 Å². The van der Waals surface area contributed by atoms with Gasteiger partial charge in [0.1, 0.15) is 0 Å². The van der Waals surface area contributed by atoms with Crippen LogP contribution in [0.1, 0.15) is 12.5 Å². The number of urea groups is 1. The van der Waals surface area contributed by atoms with E-state index < -0.39 is 27.9 Å². The highest BCUT2D eigenvalue weighted by Crippen LogP contribution is 2.00. The smallest absolute Gasteiger partial charge is 0.317 e. The van der Waals surface area contributed by atoms with Crippen LogP contribution in [0.5, 0.6) is 0 Å². The molecule has 1 rings (SSSR count). The zero-order chi connectivity index (χ0) is 18.2. The number of carboxylic acid groups (broad SMARTS) is 1. The van der Waals surface area contributed by atoms with Crippen LogP contribution in [0.15, 0.2) is 30.3 Å². The molecule has 0 heterocycles.